The van der Waals surface area contributed by atoms with Crippen LogP contribution in [-0.4, -0.2) is 54.2 Å². The SMILES string of the molecule is CC(C(=O)O)C1CN(C(=O)C2CCCC2CNC(=O)OCC2c3ccccc3-c3ccccc32)C1. The van der Waals surface area contributed by atoms with Crippen LogP contribution in [0.3, 0.4) is 0 Å². The number of likely N-dealkylation sites (tertiary alicyclic amines) is 1. The minimum Gasteiger partial charge on any atom is -0.481 e. The van der Waals surface area contributed by atoms with E-state index in [9.17, 15) is 19.5 Å². The van der Waals surface area contributed by atoms with Crippen molar-refractivity contribution in [3.05, 3.63) is 59.7 Å². The van der Waals surface area contributed by atoms with Crippen molar-refractivity contribution in [1.29, 1.82) is 0 Å². The third-order valence-electron chi connectivity index (χ3n) is 8.15. The number of benzene rings is 2. The summed E-state index contributed by atoms with van der Waals surface area (Å²) in [5.41, 5.74) is 4.73. The number of fused-ring (bicyclic) bond motifs is 3. The fourth-order valence-corrected chi connectivity index (χ4v) is 5.92. The Balaban J connectivity index is 1.12. The highest BCUT2D eigenvalue weighted by molar-refractivity contribution is 5.81. The second kappa shape index (κ2) is 9.72. The van der Waals surface area contributed by atoms with E-state index >= 15 is 0 Å². The molecule has 1 saturated carbocycles. The van der Waals surface area contributed by atoms with E-state index < -0.39 is 18.0 Å². The molecule has 1 saturated heterocycles. The van der Waals surface area contributed by atoms with Gasteiger partial charge >= 0.3 is 12.1 Å². The standard InChI is InChI=1S/C28H32N2O5/c1-17(27(32)33)19-14-30(15-19)26(31)20-12-6-7-18(20)13-29-28(34)35-16-25-23-10-4-2-8-21(23)22-9-3-5-11-24(22)25/h2-5,8-11,17-20,25H,6-7,12-16H2,1H3,(H,29,34)(H,32,33). The molecule has 35 heavy (non-hydrogen) atoms. The van der Waals surface area contributed by atoms with Gasteiger partial charge in [0.25, 0.3) is 0 Å². The molecule has 1 heterocycles. The number of alkyl carbamates (subject to hydrolysis) is 1. The molecule has 2 aromatic carbocycles. The fraction of sp³-hybridized carbons (Fsp3) is 0.464. The molecular formula is C28H32N2O5. The molecule has 184 valence electrons. The lowest BCUT2D eigenvalue weighted by Gasteiger charge is -2.43. The molecule has 7 heteroatoms. The lowest BCUT2D eigenvalue weighted by atomic mass is 9.85. The van der Waals surface area contributed by atoms with Crippen molar-refractivity contribution in [1.82, 2.24) is 10.2 Å². The maximum absolute atomic E-state index is 13.0. The smallest absolute Gasteiger partial charge is 0.407 e. The molecule has 0 radical (unpaired) electrons. The highest BCUT2D eigenvalue weighted by atomic mass is 16.5. The van der Waals surface area contributed by atoms with Crippen LogP contribution in [0, 0.1) is 23.7 Å². The highest BCUT2D eigenvalue weighted by Crippen LogP contribution is 2.44. The zero-order valence-electron chi connectivity index (χ0n) is 20.0. The van der Waals surface area contributed by atoms with Crippen molar-refractivity contribution >= 4 is 18.0 Å². The summed E-state index contributed by atoms with van der Waals surface area (Å²) in [7, 11) is 0. The third kappa shape index (κ3) is 4.51. The van der Waals surface area contributed by atoms with Crippen molar-refractivity contribution in [2.45, 2.75) is 32.1 Å². The van der Waals surface area contributed by atoms with Crippen LogP contribution in [0.4, 0.5) is 4.79 Å². The van der Waals surface area contributed by atoms with Gasteiger partial charge in [-0.05, 0) is 41.0 Å². The number of amides is 2. The van der Waals surface area contributed by atoms with Crippen LogP contribution in [0.1, 0.15) is 43.2 Å². The van der Waals surface area contributed by atoms with Gasteiger partial charge in [0.2, 0.25) is 5.91 Å². The van der Waals surface area contributed by atoms with E-state index in [1.165, 1.54) is 22.3 Å². The Morgan fingerprint density at radius 3 is 2.29 bits per heavy atom. The average Bonchev–Trinajstić information content (AvgIpc) is 3.43. The second-order valence-corrected chi connectivity index (χ2v) is 10.1. The molecule has 2 aromatic rings. The van der Waals surface area contributed by atoms with E-state index in [2.05, 4.69) is 29.6 Å². The zero-order valence-corrected chi connectivity index (χ0v) is 20.0. The summed E-state index contributed by atoms with van der Waals surface area (Å²) in [5, 5.41) is 12.1. The van der Waals surface area contributed by atoms with E-state index in [1.54, 1.807) is 11.8 Å². The predicted molar refractivity (Wildman–Crippen MR) is 131 cm³/mol. The quantitative estimate of drug-likeness (QED) is 0.627. The zero-order chi connectivity index (χ0) is 24.5. The first-order valence-corrected chi connectivity index (χ1v) is 12.5. The van der Waals surface area contributed by atoms with Gasteiger partial charge in [0.05, 0.1) is 5.92 Å². The number of aliphatic carboxylic acids is 1. The van der Waals surface area contributed by atoms with Gasteiger partial charge in [0, 0.05) is 37.4 Å². The maximum Gasteiger partial charge on any atom is 0.407 e. The molecule has 2 aliphatic carbocycles. The molecule has 2 N–H and O–H groups in total. The summed E-state index contributed by atoms with van der Waals surface area (Å²) in [4.78, 5) is 38.5. The van der Waals surface area contributed by atoms with Crippen LogP contribution in [0.5, 0.6) is 0 Å². The molecule has 2 amide bonds. The van der Waals surface area contributed by atoms with E-state index in [0.29, 0.717) is 19.6 Å². The van der Waals surface area contributed by atoms with Crippen molar-refractivity contribution in [2.24, 2.45) is 23.7 Å². The Labute approximate surface area is 205 Å². The molecule has 0 bridgehead atoms. The van der Waals surface area contributed by atoms with Gasteiger partial charge in [-0.2, -0.15) is 0 Å². The van der Waals surface area contributed by atoms with Crippen LogP contribution in [-0.2, 0) is 14.3 Å². The van der Waals surface area contributed by atoms with Crippen molar-refractivity contribution in [3.63, 3.8) is 0 Å². The Morgan fingerprint density at radius 1 is 1.03 bits per heavy atom. The third-order valence-corrected chi connectivity index (χ3v) is 8.15. The first-order chi connectivity index (χ1) is 16.9. The van der Waals surface area contributed by atoms with E-state index in [4.69, 9.17) is 4.74 Å². The van der Waals surface area contributed by atoms with Crippen molar-refractivity contribution in [2.75, 3.05) is 26.2 Å². The topological polar surface area (TPSA) is 95.9 Å². The average molecular weight is 477 g/mol. The van der Waals surface area contributed by atoms with Crippen LogP contribution in [0.2, 0.25) is 0 Å². The Morgan fingerprint density at radius 2 is 1.66 bits per heavy atom. The number of carbonyl (C=O) groups is 3. The number of hydrogen-bond donors (Lipinski definition) is 2. The summed E-state index contributed by atoms with van der Waals surface area (Å²) in [6, 6.07) is 16.5. The van der Waals surface area contributed by atoms with Crippen molar-refractivity contribution < 1.29 is 24.2 Å². The van der Waals surface area contributed by atoms with E-state index in [1.807, 2.05) is 24.3 Å². The minimum atomic E-state index is -0.812. The summed E-state index contributed by atoms with van der Waals surface area (Å²) >= 11 is 0. The van der Waals surface area contributed by atoms with Crippen LogP contribution >= 0.6 is 0 Å². The lowest BCUT2D eigenvalue weighted by Crippen LogP contribution is -2.55. The molecule has 3 aliphatic rings. The fourth-order valence-electron chi connectivity index (χ4n) is 5.92. The van der Waals surface area contributed by atoms with Crippen molar-refractivity contribution in [3.8, 4) is 11.1 Å². The monoisotopic (exact) mass is 476 g/mol. The largest absolute Gasteiger partial charge is 0.481 e. The molecule has 5 rings (SSSR count). The number of nitrogens with one attached hydrogen (secondary N) is 1. The maximum atomic E-state index is 13.0. The first-order valence-electron chi connectivity index (χ1n) is 12.5. The summed E-state index contributed by atoms with van der Waals surface area (Å²) < 4.78 is 5.64. The van der Waals surface area contributed by atoms with Gasteiger partial charge in [-0.15, -0.1) is 0 Å². The first kappa shape index (κ1) is 23.4. The van der Waals surface area contributed by atoms with Gasteiger partial charge in [-0.25, -0.2) is 4.79 Å². The van der Waals surface area contributed by atoms with Gasteiger partial charge in [0.15, 0.2) is 0 Å². The Bertz CT molecular complexity index is 1080. The molecule has 7 nitrogen and oxygen atoms in total. The van der Waals surface area contributed by atoms with Gasteiger partial charge in [-0.1, -0.05) is 61.9 Å². The number of carboxylic acid groups (broad SMARTS) is 1. The normalized spacial score (nSPS) is 22.1. The molecule has 3 atom stereocenters. The summed E-state index contributed by atoms with van der Waals surface area (Å²) in [5.74, 6) is -1.15. The molecule has 3 unspecified atom stereocenters. The molecular weight excluding hydrogens is 444 g/mol. The summed E-state index contributed by atoms with van der Waals surface area (Å²) in [6.45, 7) is 3.40. The Kier molecular flexibility index (Phi) is 6.50. The number of carbonyl (C=O) groups excluding carboxylic acids is 2. The Hall–Kier alpha value is -3.35. The number of nitrogens with zero attached hydrogens (tertiary/aromatic N) is 1. The lowest BCUT2D eigenvalue weighted by molar-refractivity contribution is -0.153. The number of ether oxygens (including phenoxy) is 1. The molecule has 1 aliphatic heterocycles. The van der Waals surface area contributed by atoms with Crippen LogP contribution in [0.25, 0.3) is 11.1 Å². The number of hydrogen-bond acceptors (Lipinski definition) is 4. The predicted octanol–water partition coefficient (Wildman–Crippen LogP) is 4.12. The molecule has 0 aromatic heterocycles. The van der Waals surface area contributed by atoms with Gasteiger partial charge in [0.1, 0.15) is 6.61 Å². The van der Waals surface area contributed by atoms with Crippen LogP contribution < -0.4 is 5.32 Å². The van der Waals surface area contributed by atoms with E-state index in [-0.39, 0.29) is 36.2 Å². The van der Waals surface area contributed by atoms with E-state index in [0.717, 1.165) is 19.3 Å². The second-order valence-electron chi connectivity index (χ2n) is 10.1. The number of rotatable bonds is 7. The minimum absolute atomic E-state index is 0.0153. The van der Waals surface area contributed by atoms with Gasteiger partial charge < -0.3 is 20.1 Å². The molecule has 2 fully saturated rings. The number of carboxylic acids is 1. The van der Waals surface area contributed by atoms with Gasteiger partial charge in [-0.3, -0.25) is 9.59 Å². The highest BCUT2D eigenvalue weighted by Gasteiger charge is 2.42. The molecule has 0 spiro atoms. The van der Waals surface area contributed by atoms with Crippen LogP contribution in [0.15, 0.2) is 48.5 Å². The summed E-state index contributed by atoms with van der Waals surface area (Å²) in [6.07, 6.45) is 2.20.